The summed E-state index contributed by atoms with van der Waals surface area (Å²) in [6, 6.07) is 0.228. The van der Waals surface area contributed by atoms with Gasteiger partial charge in [-0.05, 0) is 33.6 Å². The molecule has 0 aliphatic carbocycles. The van der Waals surface area contributed by atoms with Gasteiger partial charge in [-0.15, -0.1) is 0 Å². The lowest BCUT2D eigenvalue weighted by Gasteiger charge is -2.24. The van der Waals surface area contributed by atoms with Gasteiger partial charge in [-0.25, -0.2) is 4.79 Å². The van der Waals surface area contributed by atoms with Crippen molar-refractivity contribution in [2.75, 3.05) is 6.54 Å². The number of rotatable bonds is 1. The third-order valence-corrected chi connectivity index (χ3v) is 3.22. The Hall–Kier alpha value is -1.26. The molecule has 5 nitrogen and oxygen atoms in total. The fourth-order valence-electron chi connectivity index (χ4n) is 2.56. The van der Waals surface area contributed by atoms with E-state index >= 15 is 0 Å². The number of hydrogen-bond donors (Lipinski definition) is 1. The first-order chi connectivity index (χ1) is 7.87. The minimum absolute atomic E-state index is 0.0521. The van der Waals surface area contributed by atoms with E-state index in [0.29, 0.717) is 6.42 Å². The summed E-state index contributed by atoms with van der Waals surface area (Å²) in [6.07, 6.45) is 1.90. The molecule has 1 N–H and O–H groups in total. The molecule has 2 fully saturated rings. The topological polar surface area (TPSA) is 58.6 Å². The van der Waals surface area contributed by atoms with Crippen LogP contribution >= 0.6 is 0 Å². The summed E-state index contributed by atoms with van der Waals surface area (Å²) in [5.41, 5.74) is -0.478. The fraction of sp³-hybridized carbons (Fsp3) is 0.833. The Balaban J connectivity index is 1.88. The standard InChI is InChI=1S/C12H20N2O3/c1-12(2,3)17-11(16)13-8-6-7-14-9(8)4-5-10(14)15/h8-9H,4-7H2,1-3H3,(H,13,16)/t8-,9+/m0/s1. The molecule has 2 atom stereocenters. The molecule has 0 saturated carbocycles. The zero-order valence-electron chi connectivity index (χ0n) is 10.7. The van der Waals surface area contributed by atoms with Gasteiger partial charge in [-0.2, -0.15) is 0 Å². The van der Waals surface area contributed by atoms with E-state index in [1.54, 1.807) is 0 Å². The molecule has 0 unspecified atom stereocenters. The molecule has 17 heavy (non-hydrogen) atoms. The zero-order valence-corrected chi connectivity index (χ0v) is 10.7. The normalized spacial score (nSPS) is 28.2. The van der Waals surface area contributed by atoms with Crippen molar-refractivity contribution in [2.45, 2.75) is 57.7 Å². The molecule has 2 amide bonds. The van der Waals surface area contributed by atoms with Crippen molar-refractivity contribution in [3.8, 4) is 0 Å². The highest BCUT2D eigenvalue weighted by Crippen LogP contribution is 2.29. The molecule has 2 aliphatic rings. The van der Waals surface area contributed by atoms with Crippen molar-refractivity contribution in [1.82, 2.24) is 10.2 Å². The van der Waals surface area contributed by atoms with Gasteiger partial charge in [0.05, 0.1) is 12.1 Å². The van der Waals surface area contributed by atoms with Crippen LogP contribution in [0.15, 0.2) is 0 Å². The van der Waals surface area contributed by atoms with Crippen LogP contribution in [0.25, 0.3) is 0 Å². The Morgan fingerprint density at radius 2 is 2.12 bits per heavy atom. The lowest BCUT2D eigenvalue weighted by Crippen LogP contribution is -2.44. The molecule has 0 aromatic heterocycles. The summed E-state index contributed by atoms with van der Waals surface area (Å²) in [5, 5.41) is 2.87. The number of fused-ring (bicyclic) bond motifs is 1. The van der Waals surface area contributed by atoms with Crippen LogP contribution in [0.2, 0.25) is 0 Å². The fourth-order valence-corrected chi connectivity index (χ4v) is 2.56. The molecular weight excluding hydrogens is 220 g/mol. The predicted octanol–water partition coefficient (Wildman–Crippen LogP) is 1.27. The lowest BCUT2D eigenvalue weighted by atomic mass is 10.1. The van der Waals surface area contributed by atoms with Crippen LogP contribution in [-0.4, -0.2) is 41.1 Å². The van der Waals surface area contributed by atoms with Crippen molar-refractivity contribution in [2.24, 2.45) is 0 Å². The molecular formula is C12H20N2O3. The van der Waals surface area contributed by atoms with Crippen LogP contribution in [0.1, 0.15) is 40.0 Å². The molecule has 2 saturated heterocycles. The Labute approximate surface area is 101 Å². The number of amides is 2. The van der Waals surface area contributed by atoms with Gasteiger partial charge in [0, 0.05) is 13.0 Å². The SMILES string of the molecule is CC(C)(C)OC(=O)N[C@H]1CCN2C(=O)CC[C@H]12. The van der Waals surface area contributed by atoms with Gasteiger partial charge in [-0.3, -0.25) is 4.79 Å². The van der Waals surface area contributed by atoms with Crippen molar-refractivity contribution in [3.05, 3.63) is 0 Å². The van der Waals surface area contributed by atoms with Crippen molar-refractivity contribution >= 4 is 12.0 Å². The number of alkyl carbamates (subject to hydrolysis) is 1. The smallest absolute Gasteiger partial charge is 0.407 e. The first kappa shape index (κ1) is 12.2. The molecule has 2 heterocycles. The van der Waals surface area contributed by atoms with Gasteiger partial charge in [0.15, 0.2) is 0 Å². The van der Waals surface area contributed by atoms with Gasteiger partial charge < -0.3 is 15.0 Å². The summed E-state index contributed by atoms with van der Waals surface area (Å²) in [4.78, 5) is 25.0. The van der Waals surface area contributed by atoms with Crippen molar-refractivity contribution < 1.29 is 14.3 Å². The van der Waals surface area contributed by atoms with E-state index in [2.05, 4.69) is 5.32 Å². The molecule has 5 heteroatoms. The average molecular weight is 240 g/mol. The predicted molar refractivity (Wildman–Crippen MR) is 62.5 cm³/mol. The van der Waals surface area contributed by atoms with Gasteiger partial charge in [0.1, 0.15) is 5.60 Å². The van der Waals surface area contributed by atoms with Crippen LogP contribution in [0.3, 0.4) is 0 Å². The average Bonchev–Trinajstić information content (AvgIpc) is 2.69. The minimum atomic E-state index is -0.478. The van der Waals surface area contributed by atoms with Crippen molar-refractivity contribution in [1.29, 1.82) is 0 Å². The summed E-state index contributed by atoms with van der Waals surface area (Å²) >= 11 is 0. The largest absolute Gasteiger partial charge is 0.444 e. The van der Waals surface area contributed by atoms with E-state index in [4.69, 9.17) is 4.74 Å². The van der Waals surface area contributed by atoms with E-state index < -0.39 is 5.60 Å². The number of nitrogens with zero attached hydrogens (tertiary/aromatic N) is 1. The molecule has 2 rings (SSSR count). The second-order valence-electron chi connectivity index (χ2n) is 5.73. The Morgan fingerprint density at radius 1 is 1.41 bits per heavy atom. The summed E-state index contributed by atoms with van der Waals surface area (Å²) < 4.78 is 5.22. The van der Waals surface area contributed by atoms with Crippen LogP contribution in [0, 0.1) is 0 Å². The van der Waals surface area contributed by atoms with Crippen LogP contribution < -0.4 is 5.32 Å². The molecule has 0 aromatic rings. The highest BCUT2D eigenvalue weighted by atomic mass is 16.6. The van der Waals surface area contributed by atoms with E-state index in [-0.39, 0.29) is 24.1 Å². The van der Waals surface area contributed by atoms with Gasteiger partial charge in [-0.1, -0.05) is 0 Å². The third-order valence-electron chi connectivity index (χ3n) is 3.22. The third kappa shape index (κ3) is 2.70. The summed E-state index contributed by atoms with van der Waals surface area (Å²) in [6.45, 7) is 6.27. The van der Waals surface area contributed by atoms with E-state index in [1.165, 1.54) is 0 Å². The Morgan fingerprint density at radius 3 is 2.76 bits per heavy atom. The maximum absolute atomic E-state index is 11.6. The molecule has 0 spiro atoms. The lowest BCUT2D eigenvalue weighted by molar-refractivity contribution is -0.127. The highest BCUT2D eigenvalue weighted by molar-refractivity contribution is 5.79. The van der Waals surface area contributed by atoms with E-state index in [9.17, 15) is 9.59 Å². The van der Waals surface area contributed by atoms with Gasteiger partial charge in [0.25, 0.3) is 0 Å². The number of carbonyl (C=O) groups is 2. The second kappa shape index (κ2) is 4.20. The molecule has 2 aliphatic heterocycles. The Bertz CT molecular complexity index is 335. The highest BCUT2D eigenvalue weighted by Gasteiger charge is 2.42. The number of carbonyl (C=O) groups excluding carboxylic acids is 2. The van der Waals surface area contributed by atoms with Crippen molar-refractivity contribution in [3.63, 3.8) is 0 Å². The minimum Gasteiger partial charge on any atom is -0.444 e. The zero-order chi connectivity index (χ0) is 12.6. The molecule has 0 aromatic carbocycles. The number of ether oxygens (including phenoxy) is 1. The van der Waals surface area contributed by atoms with Crippen LogP contribution in [0.4, 0.5) is 4.79 Å². The van der Waals surface area contributed by atoms with Gasteiger partial charge >= 0.3 is 6.09 Å². The number of nitrogens with one attached hydrogen (secondary N) is 1. The molecule has 0 bridgehead atoms. The van der Waals surface area contributed by atoms with Gasteiger partial charge in [0.2, 0.25) is 5.91 Å². The second-order valence-corrected chi connectivity index (χ2v) is 5.73. The first-order valence-electron chi connectivity index (χ1n) is 6.16. The van der Waals surface area contributed by atoms with E-state index in [1.807, 2.05) is 25.7 Å². The summed E-state index contributed by atoms with van der Waals surface area (Å²) in [5.74, 6) is 0.212. The maximum Gasteiger partial charge on any atom is 0.407 e. The van der Waals surface area contributed by atoms with Crippen LogP contribution in [0.5, 0.6) is 0 Å². The quantitative estimate of drug-likeness (QED) is 0.751. The van der Waals surface area contributed by atoms with Crippen LogP contribution in [-0.2, 0) is 9.53 Å². The monoisotopic (exact) mass is 240 g/mol. The van der Waals surface area contributed by atoms with E-state index in [0.717, 1.165) is 19.4 Å². The molecule has 96 valence electrons. The first-order valence-corrected chi connectivity index (χ1v) is 6.16. The molecule has 0 radical (unpaired) electrons. The Kier molecular flexibility index (Phi) is 3.02. The summed E-state index contributed by atoms with van der Waals surface area (Å²) in [7, 11) is 0. The maximum atomic E-state index is 11.6. The number of hydrogen-bond acceptors (Lipinski definition) is 3.